The van der Waals surface area contributed by atoms with Crippen LogP contribution >= 0.6 is 15.9 Å². The van der Waals surface area contributed by atoms with Gasteiger partial charge in [0.15, 0.2) is 0 Å². The highest BCUT2D eigenvalue weighted by molar-refractivity contribution is 9.10. The first kappa shape index (κ1) is 16.7. The van der Waals surface area contributed by atoms with Gasteiger partial charge in [-0.15, -0.1) is 0 Å². The summed E-state index contributed by atoms with van der Waals surface area (Å²) in [4.78, 5) is 0. The number of allylic oxidation sites excluding steroid dienone is 4. The van der Waals surface area contributed by atoms with Crippen molar-refractivity contribution in [2.24, 2.45) is 5.73 Å². The lowest BCUT2D eigenvalue weighted by Gasteiger charge is -2.34. The van der Waals surface area contributed by atoms with E-state index in [1.807, 2.05) is 24.3 Å². The van der Waals surface area contributed by atoms with Crippen molar-refractivity contribution in [3.8, 4) is 5.75 Å². The molecule has 0 fully saturated rings. The minimum Gasteiger partial charge on any atom is -0.507 e. The summed E-state index contributed by atoms with van der Waals surface area (Å²) in [6, 6.07) is 11.8. The fraction of sp³-hybridized carbons (Fsp3) is 0.150. The van der Waals surface area contributed by atoms with Gasteiger partial charge in [0.2, 0.25) is 0 Å². The largest absolute Gasteiger partial charge is 0.507 e. The van der Waals surface area contributed by atoms with E-state index < -0.39 is 0 Å². The van der Waals surface area contributed by atoms with Crippen LogP contribution in [0.3, 0.4) is 0 Å². The fourth-order valence-corrected chi connectivity index (χ4v) is 3.88. The zero-order valence-corrected chi connectivity index (χ0v) is 14.8. The smallest absolute Gasteiger partial charge is 0.124 e. The molecule has 3 nitrogen and oxygen atoms in total. The second kappa shape index (κ2) is 6.75. The summed E-state index contributed by atoms with van der Waals surface area (Å²) < 4.78 is 0.877. The van der Waals surface area contributed by atoms with Gasteiger partial charge in [-0.25, -0.2) is 0 Å². The van der Waals surface area contributed by atoms with E-state index in [2.05, 4.69) is 40.2 Å². The third kappa shape index (κ3) is 2.83. The molecule has 0 saturated carbocycles. The minimum absolute atomic E-state index is 0.115. The predicted molar refractivity (Wildman–Crippen MR) is 102 cm³/mol. The number of nitrogens with two attached hydrogens (primary N) is 1. The second-order valence-electron chi connectivity index (χ2n) is 5.90. The van der Waals surface area contributed by atoms with E-state index in [1.165, 1.54) is 0 Å². The number of aromatic hydroxyl groups is 1. The highest BCUT2D eigenvalue weighted by atomic mass is 79.9. The third-order valence-electron chi connectivity index (χ3n) is 4.53. The van der Waals surface area contributed by atoms with Crippen LogP contribution < -0.4 is 5.73 Å². The van der Waals surface area contributed by atoms with E-state index >= 15 is 0 Å². The van der Waals surface area contributed by atoms with Crippen molar-refractivity contribution in [1.29, 1.82) is 5.41 Å². The van der Waals surface area contributed by atoms with Gasteiger partial charge in [-0.2, -0.15) is 0 Å². The number of benzene rings is 2. The summed E-state index contributed by atoms with van der Waals surface area (Å²) in [7, 11) is 0. The Kier molecular flexibility index (Phi) is 4.69. The molecule has 0 saturated heterocycles. The van der Waals surface area contributed by atoms with Crippen molar-refractivity contribution in [2.75, 3.05) is 0 Å². The Bertz CT molecular complexity index is 824. The van der Waals surface area contributed by atoms with Crippen LogP contribution in [0.5, 0.6) is 5.75 Å². The zero-order chi connectivity index (χ0) is 17.2. The first-order valence-electron chi connectivity index (χ1n) is 7.78. The average molecular weight is 383 g/mol. The molecule has 4 heteroatoms. The van der Waals surface area contributed by atoms with Crippen LogP contribution in [0.15, 0.2) is 65.2 Å². The quantitative estimate of drug-likeness (QED) is 0.685. The predicted octanol–water partition coefficient (Wildman–Crippen LogP) is 4.41. The normalized spacial score (nSPS) is 19.4. The molecule has 1 aliphatic carbocycles. The molecule has 1 aliphatic rings. The molecule has 1 atom stereocenters. The van der Waals surface area contributed by atoms with Gasteiger partial charge in [0, 0.05) is 28.2 Å². The van der Waals surface area contributed by atoms with Gasteiger partial charge in [0.05, 0.1) is 0 Å². The van der Waals surface area contributed by atoms with Crippen molar-refractivity contribution in [2.45, 2.75) is 18.4 Å². The highest BCUT2D eigenvalue weighted by Crippen LogP contribution is 2.44. The van der Waals surface area contributed by atoms with E-state index in [4.69, 9.17) is 11.1 Å². The van der Waals surface area contributed by atoms with Gasteiger partial charge in [0.25, 0.3) is 0 Å². The van der Waals surface area contributed by atoms with Crippen LogP contribution in [0.4, 0.5) is 0 Å². The molecule has 0 aliphatic heterocycles. The molecule has 122 valence electrons. The molecule has 2 aromatic carbocycles. The molecule has 24 heavy (non-hydrogen) atoms. The lowest BCUT2D eigenvalue weighted by Crippen LogP contribution is -2.26. The summed E-state index contributed by atoms with van der Waals surface area (Å²) >= 11 is 3.63. The van der Waals surface area contributed by atoms with Crippen LogP contribution in [0.2, 0.25) is 0 Å². The fourth-order valence-electron chi connectivity index (χ4n) is 3.16. The van der Waals surface area contributed by atoms with Crippen molar-refractivity contribution in [3.63, 3.8) is 0 Å². The lowest BCUT2D eigenvalue weighted by molar-refractivity contribution is 0.471. The topological polar surface area (TPSA) is 70.1 Å². The summed E-state index contributed by atoms with van der Waals surface area (Å²) in [5.74, 6) is 0.115. The van der Waals surface area contributed by atoms with Gasteiger partial charge < -0.3 is 16.2 Å². The molecular weight excluding hydrogens is 364 g/mol. The van der Waals surface area contributed by atoms with Crippen molar-refractivity contribution in [1.82, 2.24) is 0 Å². The van der Waals surface area contributed by atoms with Crippen LogP contribution in [-0.4, -0.2) is 11.3 Å². The molecule has 1 unspecified atom stereocenters. The summed E-state index contributed by atoms with van der Waals surface area (Å²) in [5, 5.41) is 17.7. The van der Waals surface area contributed by atoms with E-state index in [0.29, 0.717) is 12.1 Å². The van der Waals surface area contributed by atoms with Gasteiger partial charge in [-0.3, -0.25) is 0 Å². The van der Waals surface area contributed by atoms with Crippen molar-refractivity contribution >= 4 is 22.1 Å². The van der Waals surface area contributed by atoms with Crippen LogP contribution in [0.25, 0.3) is 0 Å². The van der Waals surface area contributed by atoms with E-state index in [-0.39, 0.29) is 11.2 Å². The number of hydrogen-bond donors (Lipinski definition) is 3. The Morgan fingerprint density at radius 1 is 1.21 bits per heavy atom. The van der Waals surface area contributed by atoms with Crippen LogP contribution in [-0.2, 0) is 12.0 Å². The monoisotopic (exact) mass is 382 g/mol. The molecular formula is C20H19BrN2O. The van der Waals surface area contributed by atoms with Gasteiger partial charge in [-0.1, -0.05) is 64.5 Å². The summed E-state index contributed by atoms with van der Waals surface area (Å²) in [6.07, 6.45) is 10.3. The highest BCUT2D eigenvalue weighted by Gasteiger charge is 2.34. The number of halogens is 1. The Morgan fingerprint density at radius 2 is 1.96 bits per heavy atom. The summed E-state index contributed by atoms with van der Waals surface area (Å²) in [6.45, 7) is 0.515. The molecule has 0 radical (unpaired) electrons. The Balaban J connectivity index is 2.20. The molecule has 0 bridgehead atoms. The van der Waals surface area contributed by atoms with Crippen molar-refractivity contribution < 1.29 is 5.11 Å². The maximum Gasteiger partial charge on any atom is 0.124 e. The number of hydrogen-bond acceptors (Lipinski definition) is 3. The molecule has 3 rings (SSSR count). The Labute approximate surface area is 150 Å². The number of rotatable bonds is 4. The number of phenolic OH excluding ortho intramolecular Hbond substituents is 1. The lowest BCUT2D eigenvalue weighted by atomic mass is 9.70. The molecule has 0 aromatic heterocycles. The van der Waals surface area contributed by atoms with Gasteiger partial charge in [0.1, 0.15) is 5.75 Å². The minimum atomic E-state index is -0.362. The van der Waals surface area contributed by atoms with E-state index in [9.17, 15) is 5.11 Å². The van der Waals surface area contributed by atoms with Gasteiger partial charge >= 0.3 is 0 Å². The zero-order valence-electron chi connectivity index (χ0n) is 13.2. The second-order valence-corrected chi connectivity index (χ2v) is 6.75. The molecule has 2 aromatic rings. The molecule has 0 spiro atoms. The average Bonchev–Trinajstić information content (AvgIpc) is 2.64. The Morgan fingerprint density at radius 3 is 2.54 bits per heavy atom. The van der Waals surface area contributed by atoms with E-state index in [1.54, 1.807) is 12.1 Å². The SMILES string of the molecule is N=Cc1cc(Br)c(C2(c3ccc(CN)cc3)C=CC=CC2)cc1O. The standard InChI is InChI=1S/C20H19BrN2O/c21-18-10-15(13-23)19(24)11-17(18)20(8-2-1-3-9-20)16-6-4-14(12-22)5-7-16/h1-8,10-11,13,23-24H,9,12,22H2. The third-order valence-corrected chi connectivity index (χ3v) is 5.18. The molecule has 0 amide bonds. The van der Waals surface area contributed by atoms with Gasteiger partial charge in [-0.05, 0) is 35.2 Å². The Hall–Kier alpha value is -2.17. The van der Waals surface area contributed by atoms with E-state index in [0.717, 1.165) is 33.8 Å². The van der Waals surface area contributed by atoms with Crippen LogP contribution in [0.1, 0.15) is 28.7 Å². The first-order chi connectivity index (χ1) is 11.6. The number of phenols is 1. The summed E-state index contributed by atoms with van der Waals surface area (Å²) in [5.41, 5.74) is 9.05. The maximum atomic E-state index is 10.3. The molecule has 4 N–H and O–H groups in total. The maximum absolute atomic E-state index is 10.3. The van der Waals surface area contributed by atoms with Crippen molar-refractivity contribution in [3.05, 3.63) is 87.4 Å². The number of nitrogens with one attached hydrogen (secondary N) is 1. The molecule has 0 heterocycles. The van der Waals surface area contributed by atoms with Crippen LogP contribution in [0, 0.1) is 5.41 Å². The first-order valence-corrected chi connectivity index (χ1v) is 8.57.